The van der Waals surface area contributed by atoms with Crippen molar-refractivity contribution in [2.45, 2.75) is 26.2 Å². The van der Waals surface area contributed by atoms with Gasteiger partial charge in [-0.1, -0.05) is 19.8 Å². The third-order valence-electron chi connectivity index (χ3n) is 0.985. The SMILES string of the molecule is CCCCC[N]C. The Hall–Kier alpha value is -0.0400. The number of hydrogen-bond donors (Lipinski definition) is 0. The molecule has 0 atom stereocenters. The molecule has 0 spiro atoms. The zero-order chi connectivity index (χ0) is 5.54. The molecule has 0 N–H and O–H groups in total. The van der Waals surface area contributed by atoms with Crippen LogP contribution in [0.15, 0.2) is 0 Å². The maximum absolute atomic E-state index is 3.97. The van der Waals surface area contributed by atoms with Crippen molar-refractivity contribution in [3.05, 3.63) is 0 Å². The molecule has 0 aliphatic rings. The van der Waals surface area contributed by atoms with Gasteiger partial charge in [0, 0.05) is 13.6 Å². The number of nitrogens with zero attached hydrogens (tertiary/aromatic N) is 1. The summed E-state index contributed by atoms with van der Waals surface area (Å²) in [5, 5.41) is 3.97. The van der Waals surface area contributed by atoms with Gasteiger partial charge in [-0.15, -0.1) is 0 Å². The average Bonchev–Trinajstić information content (AvgIpc) is 1.69. The summed E-state index contributed by atoms with van der Waals surface area (Å²) in [5.74, 6) is 0. The maximum Gasteiger partial charge on any atom is 0.0130 e. The van der Waals surface area contributed by atoms with Gasteiger partial charge in [-0.3, -0.25) is 0 Å². The van der Waals surface area contributed by atoms with Crippen LogP contribution in [0, 0.1) is 0 Å². The molecule has 0 fully saturated rings. The second-order valence-electron chi connectivity index (χ2n) is 1.75. The lowest BCUT2D eigenvalue weighted by Gasteiger charge is -1.91. The first kappa shape index (κ1) is 6.96. The fraction of sp³-hybridized carbons (Fsp3) is 1.00. The summed E-state index contributed by atoms with van der Waals surface area (Å²) in [6.07, 6.45) is 3.90. The van der Waals surface area contributed by atoms with Gasteiger partial charge in [0.2, 0.25) is 0 Å². The van der Waals surface area contributed by atoms with Gasteiger partial charge in [0.15, 0.2) is 0 Å². The molecule has 0 unspecified atom stereocenters. The lowest BCUT2D eigenvalue weighted by Crippen LogP contribution is -1.97. The molecule has 0 aliphatic carbocycles. The van der Waals surface area contributed by atoms with Gasteiger partial charge in [0.25, 0.3) is 0 Å². The lowest BCUT2D eigenvalue weighted by molar-refractivity contribution is 0.659. The van der Waals surface area contributed by atoms with Crippen LogP contribution in [0.1, 0.15) is 26.2 Å². The summed E-state index contributed by atoms with van der Waals surface area (Å²) < 4.78 is 0. The molecule has 1 heteroatoms. The normalized spacial score (nSPS) is 9.43. The Kier molecular flexibility index (Phi) is 5.93. The van der Waals surface area contributed by atoms with Crippen LogP contribution in [0.5, 0.6) is 0 Å². The zero-order valence-electron chi connectivity index (χ0n) is 5.28. The van der Waals surface area contributed by atoms with Crippen LogP contribution < -0.4 is 5.32 Å². The van der Waals surface area contributed by atoms with Crippen LogP contribution in [-0.2, 0) is 0 Å². The van der Waals surface area contributed by atoms with Gasteiger partial charge in [-0.2, -0.15) is 0 Å². The van der Waals surface area contributed by atoms with Gasteiger partial charge < -0.3 is 0 Å². The topological polar surface area (TPSA) is 14.1 Å². The molecule has 0 saturated heterocycles. The van der Waals surface area contributed by atoms with Gasteiger partial charge in [-0.25, -0.2) is 5.32 Å². The molecule has 0 aromatic carbocycles. The summed E-state index contributed by atoms with van der Waals surface area (Å²) in [6, 6.07) is 0. The van der Waals surface area contributed by atoms with Gasteiger partial charge >= 0.3 is 0 Å². The van der Waals surface area contributed by atoms with Crippen molar-refractivity contribution in [1.82, 2.24) is 5.32 Å². The first-order chi connectivity index (χ1) is 3.41. The quantitative estimate of drug-likeness (QED) is 0.474. The average molecular weight is 100 g/mol. The molecule has 0 rings (SSSR count). The Balaban J connectivity index is 2.45. The van der Waals surface area contributed by atoms with Crippen molar-refractivity contribution >= 4 is 0 Å². The van der Waals surface area contributed by atoms with Crippen molar-refractivity contribution in [2.75, 3.05) is 13.6 Å². The second kappa shape index (κ2) is 5.96. The van der Waals surface area contributed by atoms with Crippen LogP contribution in [0.2, 0.25) is 0 Å². The first-order valence-electron chi connectivity index (χ1n) is 2.97. The molecule has 1 radical (unpaired) electrons. The van der Waals surface area contributed by atoms with Crippen molar-refractivity contribution in [1.29, 1.82) is 0 Å². The highest BCUT2D eigenvalue weighted by Crippen LogP contribution is 1.90. The molecule has 43 valence electrons. The highest BCUT2D eigenvalue weighted by Gasteiger charge is 1.80. The predicted octanol–water partition coefficient (Wildman–Crippen LogP) is 1.41. The fourth-order valence-electron chi connectivity index (χ4n) is 0.520. The van der Waals surface area contributed by atoms with Gasteiger partial charge in [-0.05, 0) is 6.42 Å². The van der Waals surface area contributed by atoms with E-state index in [9.17, 15) is 0 Å². The van der Waals surface area contributed by atoms with E-state index in [1.807, 2.05) is 7.05 Å². The largest absolute Gasteiger partial charge is 0.245 e. The lowest BCUT2D eigenvalue weighted by atomic mass is 10.2. The third kappa shape index (κ3) is 5.96. The van der Waals surface area contributed by atoms with E-state index in [-0.39, 0.29) is 0 Å². The highest BCUT2D eigenvalue weighted by atomic mass is 14.8. The van der Waals surface area contributed by atoms with E-state index in [1.165, 1.54) is 19.3 Å². The monoisotopic (exact) mass is 100 g/mol. The molecule has 0 aromatic heterocycles. The molecule has 0 aromatic rings. The minimum Gasteiger partial charge on any atom is -0.245 e. The molecular formula is C6H14N. The summed E-state index contributed by atoms with van der Waals surface area (Å²) in [6.45, 7) is 3.25. The van der Waals surface area contributed by atoms with E-state index in [2.05, 4.69) is 12.2 Å². The Morgan fingerprint density at radius 2 is 2.00 bits per heavy atom. The van der Waals surface area contributed by atoms with Crippen LogP contribution in [0.4, 0.5) is 0 Å². The van der Waals surface area contributed by atoms with Crippen molar-refractivity contribution in [3.63, 3.8) is 0 Å². The van der Waals surface area contributed by atoms with E-state index in [4.69, 9.17) is 0 Å². The Labute approximate surface area is 46.1 Å². The number of rotatable bonds is 4. The van der Waals surface area contributed by atoms with Crippen LogP contribution in [0.25, 0.3) is 0 Å². The molecule has 7 heavy (non-hydrogen) atoms. The van der Waals surface area contributed by atoms with Crippen LogP contribution in [0.3, 0.4) is 0 Å². The fourth-order valence-corrected chi connectivity index (χ4v) is 0.520. The van der Waals surface area contributed by atoms with E-state index >= 15 is 0 Å². The predicted molar refractivity (Wildman–Crippen MR) is 32.4 cm³/mol. The number of hydrogen-bond acceptors (Lipinski definition) is 0. The summed E-state index contributed by atoms with van der Waals surface area (Å²) in [7, 11) is 1.87. The van der Waals surface area contributed by atoms with Crippen molar-refractivity contribution in [2.24, 2.45) is 0 Å². The number of unbranched alkanes of at least 4 members (excludes halogenated alkanes) is 2. The molecular weight excluding hydrogens is 86.1 g/mol. The van der Waals surface area contributed by atoms with Gasteiger partial charge in [0.05, 0.1) is 0 Å². The van der Waals surface area contributed by atoms with E-state index in [0.29, 0.717) is 0 Å². The third-order valence-corrected chi connectivity index (χ3v) is 0.985. The van der Waals surface area contributed by atoms with Gasteiger partial charge in [0.1, 0.15) is 0 Å². The van der Waals surface area contributed by atoms with Crippen LogP contribution >= 0.6 is 0 Å². The van der Waals surface area contributed by atoms with E-state index in [0.717, 1.165) is 6.54 Å². The Morgan fingerprint density at radius 1 is 1.29 bits per heavy atom. The summed E-state index contributed by atoms with van der Waals surface area (Å²) in [5.41, 5.74) is 0. The molecule has 0 amide bonds. The highest BCUT2D eigenvalue weighted by molar-refractivity contribution is 4.38. The smallest absolute Gasteiger partial charge is 0.0130 e. The Bertz CT molecular complexity index is 23.4. The van der Waals surface area contributed by atoms with Crippen molar-refractivity contribution in [3.8, 4) is 0 Å². The van der Waals surface area contributed by atoms with E-state index in [1.54, 1.807) is 0 Å². The summed E-state index contributed by atoms with van der Waals surface area (Å²) in [4.78, 5) is 0. The molecule has 0 saturated carbocycles. The molecule has 0 aliphatic heterocycles. The van der Waals surface area contributed by atoms with E-state index < -0.39 is 0 Å². The first-order valence-corrected chi connectivity index (χ1v) is 2.97. The minimum atomic E-state index is 1.05. The minimum absolute atomic E-state index is 1.05. The molecule has 1 nitrogen and oxygen atoms in total. The molecule has 0 bridgehead atoms. The zero-order valence-corrected chi connectivity index (χ0v) is 5.28. The molecule has 0 heterocycles. The van der Waals surface area contributed by atoms with Crippen molar-refractivity contribution < 1.29 is 0 Å². The Morgan fingerprint density at radius 3 is 2.43 bits per heavy atom. The van der Waals surface area contributed by atoms with Crippen LogP contribution in [-0.4, -0.2) is 13.6 Å². The maximum atomic E-state index is 3.97. The second-order valence-corrected chi connectivity index (χ2v) is 1.75. The standard InChI is InChI=1S/C6H14N/c1-3-4-5-6-7-2/h3-6H2,1-2H3. The summed E-state index contributed by atoms with van der Waals surface area (Å²) >= 11 is 0.